The van der Waals surface area contributed by atoms with E-state index in [1.54, 1.807) is 24.3 Å². The Bertz CT molecular complexity index is 1250. The topological polar surface area (TPSA) is 106 Å². The van der Waals surface area contributed by atoms with E-state index in [4.69, 9.17) is 4.42 Å². The third-order valence-corrected chi connectivity index (χ3v) is 5.04. The molecule has 2 aromatic carbocycles. The van der Waals surface area contributed by atoms with Crippen LogP contribution in [0.15, 0.2) is 65.3 Å². The van der Waals surface area contributed by atoms with Gasteiger partial charge >= 0.3 is 6.43 Å². The Morgan fingerprint density at radius 3 is 2.33 bits per heavy atom. The van der Waals surface area contributed by atoms with Crippen molar-refractivity contribution < 1.29 is 21.8 Å². The molecule has 0 bridgehead atoms. The van der Waals surface area contributed by atoms with Gasteiger partial charge in [0.05, 0.1) is 17.3 Å². The van der Waals surface area contributed by atoms with Crippen molar-refractivity contribution in [2.45, 2.75) is 12.5 Å². The maximum atomic E-state index is 13.5. The first-order valence-electron chi connectivity index (χ1n) is 9.55. The fourth-order valence-corrected chi connectivity index (χ4v) is 3.57. The van der Waals surface area contributed by atoms with Crippen LogP contribution in [0.4, 0.5) is 24.8 Å². The standard InChI is InChI=1S/C21H17F3N6O2S/c1-33(31)30-16-5-3-2-4-15(16)17(12-6-8-14(22)9-7-12)27-21-25-10-13(11-26-21)19-28-29-20(32-19)18(23)24/h2-11,17-18,30H,1H3,(H,25,26,27). The Balaban J connectivity index is 1.66. The summed E-state index contributed by atoms with van der Waals surface area (Å²) in [6.45, 7) is 0. The van der Waals surface area contributed by atoms with Crippen LogP contribution in [0.3, 0.4) is 0 Å². The minimum absolute atomic E-state index is 0.132. The van der Waals surface area contributed by atoms with Crippen LogP contribution in [0, 0.1) is 5.82 Å². The van der Waals surface area contributed by atoms with Crippen molar-refractivity contribution >= 4 is 22.6 Å². The predicted molar refractivity (Wildman–Crippen MR) is 116 cm³/mol. The molecule has 2 N–H and O–H groups in total. The van der Waals surface area contributed by atoms with E-state index < -0.39 is 29.3 Å². The van der Waals surface area contributed by atoms with E-state index in [9.17, 15) is 17.4 Å². The van der Waals surface area contributed by atoms with Crippen LogP contribution in [0.5, 0.6) is 0 Å². The van der Waals surface area contributed by atoms with Gasteiger partial charge in [-0.1, -0.05) is 30.3 Å². The zero-order valence-electron chi connectivity index (χ0n) is 17.1. The zero-order valence-corrected chi connectivity index (χ0v) is 17.9. The van der Waals surface area contributed by atoms with Crippen molar-refractivity contribution in [3.8, 4) is 11.5 Å². The van der Waals surface area contributed by atoms with Gasteiger partial charge in [-0.3, -0.25) is 0 Å². The van der Waals surface area contributed by atoms with Crippen molar-refractivity contribution in [1.29, 1.82) is 0 Å². The summed E-state index contributed by atoms with van der Waals surface area (Å²) in [4.78, 5) is 8.43. The van der Waals surface area contributed by atoms with E-state index in [1.807, 2.05) is 12.1 Å². The molecule has 33 heavy (non-hydrogen) atoms. The third-order valence-electron chi connectivity index (χ3n) is 4.53. The summed E-state index contributed by atoms with van der Waals surface area (Å²) >= 11 is 0. The lowest BCUT2D eigenvalue weighted by atomic mass is 9.97. The molecule has 0 radical (unpaired) electrons. The van der Waals surface area contributed by atoms with Gasteiger partial charge in [-0.15, -0.1) is 10.2 Å². The minimum Gasteiger partial charge on any atom is -0.415 e. The highest BCUT2D eigenvalue weighted by molar-refractivity contribution is 7.85. The first kappa shape index (κ1) is 22.4. The maximum Gasteiger partial charge on any atom is 0.314 e. The van der Waals surface area contributed by atoms with Gasteiger partial charge in [-0.2, -0.15) is 8.78 Å². The molecule has 4 aromatic rings. The van der Waals surface area contributed by atoms with E-state index in [-0.39, 0.29) is 23.2 Å². The first-order chi connectivity index (χ1) is 15.9. The molecule has 4 rings (SSSR count). The Hall–Kier alpha value is -3.80. The van der Waals surface area contributed by atoms with Crippen molar-refractivity contribution in [2.75, 3.05) is 16.3 Å². The molecule has 2 unspecified atom stereocenters. The molecule has 2 heterocycles. The van der Waals surface area contributed by atoms with Crippen LogP contribution in [0.25, 0.3) is 11.5 Å². The number of rotatable bonds is 8. The van der Waals surface area contributed by atoms with E-state index in [0.29, 0.717) is 11.3 Å². The van der Waals surface area contributed by atoms with Crippen LogP contribution >= 0.6 is 0 Å². The summed E-state index contributed by atoms with van der Waals surface area (Å²) < 4.78 is 58.5. The second kappa shape index (κ2) is 9.77. The van der Waals surface area contributed by atoms with Crippen LogP contribution in [0.2, 0.25) is 0 Å². The van der Waals surface area contributed by atoms with Crippen LogP contribution < -0.4 is 10.0 Å². The fraction of sp³-hybridized carbons (Fsp3) is 0.143. The van der Waals surface area contributed by atoms with Crippen molar-refractivity contribution in [3.05, 3.63) is 83.8 Å². The summed E-state index contributed by atoms with van der Waals surface area (Å²) in [6.07, 6.45) is 1.34. The molecule has 0 saturated carbocycles. The lowest BCUT2D eigenvalue weighted by Gasteiger charge is -2.22. The highest BCUT2D eigenvalue weighted by Crippen LogP contribution is 2.31. The third kappa shape index (κ3) is 5.34. The Morgan fingerprint density at radius 2 is 1.70 bits per heavy atom. The average molecular weight is 474 g/mol. The lowest BCUT2D eigenvalue weighted by Crippen LogP contribution is -2.17. The molecule has 0 aliphatic rings. The number of halogens is 3. The summed E-state index contributed by atoms with van der Waals surface area (Å²) in [5, 5.41) is 10.0. The predicted octanol–water partition coefficient (Wildman–Crippen LogP) is 4.51. The van der Waals surface area contributed by atoms with Crippen LogP contribution in [0.1, 0.15) is 29.5 Å². The molecular weight excluding hydrogens is 457 g/mol. The molecule has 0 aliphatic carbocycles. The van der Waals surface area contributed by atoms with Crippen LogP contribution in [-0.2, 0) is 11.0 Å². The minimum atomic E-state index is -2.88. The largest absolute Gasteiger partial charge is 0.415 e. The number of hydrogen-bond acceptors (Lipinski definition) is 7. The number of hydrogen-bond donors (Lipinski definition) is 2. The number of alkyl halides is 2. The smallest absolute Gasteiger partial charge is 0.314 e. The normalized spacial score (nSPS) is 13.0. The molecule has 0 spiro atoms. The summed E-state index contributed by atoms with van der Waals surface area (Å²) in [5.74, 6) is -1.11. The number of nitrogens with zero attached hydrogens (tertiary/aromatic N) is 4. The van der Waals surface area contributed by atoms with Gasteiger partial charge in [0.1, 0.15) is 16.8 Å². The highest BCUT2D eigenvalue weighted by atomic mass is 32.2. The van der Waals surface area contributed by atoms with Gasteiger partial charge in [0, 0.05) is 24.2 Å². The molecule has 2 atom stereocenters. The van der Waals surface area contributed by atoms with E-state index in [0.717, 1.165) is 5.56 Å². The number of para-hydroxylation sites is 1. The number of anilines is 2. The Labute approximate surface area is 188 Å². The molecule has 2 aromatic heterocycles. The first-order valence-corrected chi connectivity index (χ1v) is 11.1. The second-order valence-electron chi connectivity index (χ2n) is 6.81. The van der Waals surface area contributed by atoms with Crippen molar-refractivity contribution in [1.82, 2.24) is 20.2 Å². The molecule has 170 valence electrons. The molecule has 0 saturated heterocycles. The van der Waals surface area contributed by atoms with Crippen molar-refractivity contribution in [2.24, 2.45) is 0 Å². The van der Waals surface area contributed by atoms with Gasteiger partial charge in [0.2, 0.25) is 5.95 Å². The van der Waals surface area contributed by atoms with E-state index >= 15 is 0 Å². The number of nitrogens with one attached hydrogen (secondary N) is 2. The van der Waals surface area contributed by atoms with Crippen molar-refractivity contribution in [3.63, 3.8) is 0 Å². The maximum absolute atomic E-state index is 13.5. The molecule has 0 fully saturated rings. The lowest BCUT2D eigenvalue weighted by molar-refractivity contribution is 0.116. The highest BCUT2D eigenvalue weighted by Gasteiger charge is 2.20. The van der Waals surface area contributed by atoms with E-state index in [1.165, 1.54) is 30.8 Å². The summed E-state index contributed by atoms with van der Waals surface area (Å²) in [6, 6.07) is 12.6. The molecule has 0 amide bonds. The second-order valence-corrected chi connectivity index (χ2v) is 7.93. The molecular formula is C21H17F3N6O2S. The van der Waals surface area contributed by atoms with Crippen LogP contribution in [-0.4, -0.2) is 30.6 Å². The quantitative estimate of drug-likeness (QED) is 0.387. The Kier molecular flexibility index (Phi) is 6.63. The van der Waals surface area contributed by atoms with E-state index in [2.05, 4.69) is 30.2 Å². The van der Waals surface area contributed by atoms with Gasteiger partial charge < -0.3 is 14.5 Å². The zero-order chi connectivity index (χ0) is 23.4. The van der Waals surface area contributed by atoms with Gasteiger partial charge in [-0.05, 0) is 23.8 Å². The molecule has 12 heteroatoms. The molecule has 8 nitrogen and oxygen atoms in total. The summed E-state index contributed by atoms with van der Waals surface area (Å²) in [5.41, 5.74) is 2.31. The van der Waals surface area contributed by atoms with Gasteiger partial charge in [0.15, 0.2) is 0 Å². The monoisotopic (exact) mass is 474 g/mol. The summed E-state index contributed by atoms with van der Waals surface area (Å²) in [7, 11) is -1.32. The van der Waals surface area contributed by atoms with Gasteiger partial charge in [-0.25, -0.2) is 18.6 Å². The fourth-order valence-electron chi connectivity index (χ4n) is 3.07. The number of benzene rings is 2. The SMILES string of the molecule is CS(=O)Nc1ccccc1C(Nc1ncc(-c2nnc(C(F)F)o2)cn1)c1ccc(F)cc1. The van der Waals surface area contributed by atoms with Gasteiger partial charge in [0.25, 0.3) is 11.8 Å². The Morgan fingerprint density at radius 1 is 1.00 bits per heavy atom. The average Bonchev–Trinajstić information content (AvgIpc) is 3.30. The molecule has 0 aliphatic heterocycles. The number of aromatic nitrogens is 4.